The van der Waals surface area contributed by atoms with Gasteiger partial charge in [0.15, 0.2) is 0 Å². The molecule has 11 atom stereocenters. The number of hydrogen-bond acceptors (Lipinski definition) is 5. The monoisotopic (exact) mass is 589 g/mol. The molecular formula is C33H55N3O6. The van der Waals surface area contributed by atoms with Crippen molar-refractivity contribution in [2.45, 2.75) is 130 Å². The first-order chi connectivity index (χ1) is 19.7. The molecule has 9 nitrogen and oxygen atoms in total. The molecule has 0 aromatic carbocycles. The van der Waals surface area contributed by atoms with Gasteiger partial charge in [-0.1, -0.05) is 34.6 Å². The molecule has 0 saturated heterocycles. The number of amides is 3. The van der Waals surface area contributed by atoms with Crippen molar-refractivity contribution in [2.24, 2.45) is 58.0 Å². The van der Waals surface area contributed by atoms with Crippen molar-refractivity contribution in [1.82, 2.24) is 10.6 Å². The van der Waals surface area contributed by atoms with Crippen LogP contribution in [0.1, 0.15) is 112 Å². The summed E-state index contributed by atoms with van der Waals surface area (Å²) in [7, 11) is 0. The van der Waals surface area contributed by atoms with E-state index in [4.69, 9.17) is 5.73 Å². The number of hydrogen-bond donors (Lipinski definition) is 5. The molecule has 0 heterocycles. The molecule has 6 N–H and O–H groups in total. The molecular weight excluding hydrogens is 534 g/mol. The second-order valence-electron chi connectivity index (χ2n) is 15.2. The van der Waals surface area contributed by atoms with Gasteiger partial charge in [0.05, 0.1) is 12.5 Å². The molecule has 4 aliphatic rings. The van der Waals surface area contributed by atoms with Crippen LogP contribution in [-0.4, -0.2) is 52.1 Å². The lowest BCUT2D eigenvalue weighted by molar-refractivity contribution is -0.144. The van der Waals surface area contributed by atoms with E-state index < -0.39 is 36.3 Å². The van der Waals surface area contributed by atoms with E-state index in [1.54, 1.807) is 13.8 Å². The third-order valence-electron chi connectivity index (χ3n) is 12.5. The Morgan fingerprint density at radius 2 is 1.57 bits per heavy atom. The van der Waals surface area contributed by atoms with Crippen molar-refractivity contribution in [3.63, 3.8) is 0 Å². The number of aliphatic hydroxyl groups excluding tert-OH is 1. The molecule has 0 radical (unpaired) electrons. The van der Waals surface area contributed by atoms with Crippen molar-refractivity contribution >= 4 is 23.7 Å². The highest BCUT2D eigenvalue weighted by atomic mass is 16.4. The van der Waals surface area contributed by atoms with Gasteiger partial charge in [0.1, 0.15) is 12.1 Å². The van der Waals surface area contributed by atoms with Gasteiger partial charge in [-0.15, -0.1) is 0 Å². The van der Waals surface area contributed by atoms with Crippen molar-refractivity contribution in [3.05, 3.63) is 0 Å². The maximum Gasteiger partial charge on any atom is 0.326 e. The van der Waals surface area contributed by atoms with E-state index >= 15 is 0 Å². The van der Waals surface area contributed by atoms with Crippen LogP contribution in [0, 0.1) is 52.3 Å². The highest BCUT2D eigenvalue weighted by Crippen LogP contribution is 2.68. The van der Waals surface area contributed by atoms with Crippen LogP contribution in [-0.2, 0) is 19.2 Å². The fourth-order valence-corrected chi connectivity index (χ4v) is 10.2. The van der Waals surface area contributed by atoms with E-state index in [9.17, 15) is 29.4 Å². The molecule has 42 heavy (non-hydrogen) atoms. The summed E-state index contributed by atoms with van der Waals surface area (Å²) in [5.74, 6) is 0.626. The van der Waals surface area contributed by atoms with Gasteiger partial charge in [-0.05, 0) is 116 Å². The van der Waals surface area contributed by atoms with E-state index in [1.165, 1.54) is 38.5 Å². The first kappa shape index (κ1) is 32.7. The van der Waals surface area contributed by atoms with Crippen LogP contribution in [0.5, 0.6) is 0 Å². The van der Waals surface area contributed by atoms with Crippen molar-refractivity contribution in [1.29, 1.82) is 0 Å². The van der Waals surface area contributed by atoms with E-state index in [0.29, 0.717) is 35.0 Å². The smallest absolute Gasteiger partial charge is 0.326 e. The van der Waals surface area contributed by atoms with E-state index in [0.717, 1.165) is 43.4 Å². The van der Waals surface area contributed by atoms with Crippen molar-refractivity contribution in [3.8, 4) is 0 Å². The molecule has 0 aliphatic heterocycles. The zero-order valence-electron chi connectivity index (χ0n) is 26.4. The predicted octanol–water partition coefficient (Wildman–Crippen LogP) is 4.01. The molecule has 0 aromatic rings. The predicted molar refractivity (Wildman–Crippen MR) is 160 cm³/mol. The number of nitrogens with two attached hydrogens (primary N) is 1. The number of carbonyl (C=O) groups excluding carboxylic acids is 3. The van der Waals surface area contributed by atoms with Crippen LogP contribution >= 0.6 is 0 Å². The second kappa shape index (κ2) is 12.8. The summed E-state index contributed by atoms with van der Waals surface area (Å²) in [5.41, 5.74) is 5.79. The van der Waals surface area contributed by atoms with Crippen LogP contribution < -0.4 is 16.4 Å². The highest BCUT2D eigenvalue weighted by molar-refractivity contribution is 5.92. The fourth-order valence-electron chi connectivity index (χ4n) is 10.2. The minimum atomic E-state index is -1.43. The lowest BCUT2D eigenvalue weighted by Crippen LogP contribution is -2.54. The minimum absolute atomic E-state index is 0.115. The van der Waals surface area contributed by atoms with Crippen LogP contribution in [0.4, 0.5) is 0 Å². The largest absolute Gasteiger partial charge is 0.480 e. The normalized spacial score (nSPS) is 37.9. The van der Waals surface area contributed by atoms with Crippen LogP contribution in [0.2, 0.25) is 0 Å². The maximum atomic E-state index is 13.0. The second-order valence-corrected chi connectivity index (χ2v) is 15.2. The maximum absolute atomic E-state index is 13.0. The molecule has 0 spiro atoms. The van der Waals surface area contributed by atoms with Crippen LogP contribution in [0.3, 0.4) is 0 Å². The van der Waals surface area contributed by atoms with Gasteiger partial charge >= 0.3 is 5.97 Å². The molecule has 4 rings (SSSR count). The number of carboxylic acids is 1. The Morgan fingerprint density at radius 3 is 2.21 bits per heavy atom. The van der Waals surface area contributed by atoms with E-state index in [2.05, 4.69) is 31.4 Å². The summed E-state index contributed by atoms with van der Waals surface area (Å²) < 4.78 is 0. The number of aliphatic hydroxyl groups is 1. The number of carboxylic acid groups (broad SMARTS) is 1. The van der Waals surface area contributed by atoms with Gasteiger partial charge < -0.3 is 26.6 Å². The fraction of sp³-hybridized carbons (Fsp3) is 0.879. The van der Waals surface area contributed by atoms with E-state index in [-0.39, 0.29) is 17.9 Å². The molecule has 9 heteroatoms. The van der Waals surface area contributed by atoms with Crippen LogP contribution in [0.15, 0.2) is 0 Å². The lowest BCUT2D eigenvalue weighted by atomic mass is 9.44. The number of nitrogens with one attached hydrogen (secondary N) is 2. The quantitative estimate of drug-likeness (QED) is 0.245. The Balaban J connectivity index is 1.33. The Hall–Kier alpha value is -2.16. The summed E-state index contributed by atoms with van der Waals surface area (Å²) in [5, 5.41) is 24.9. The lowest BCUT2D eigenvalue weighted by Gasteiger charge is -2.61. The number of primary amides is 1. The van der Waals surface area contributed by atoms with E-state index in [1.807, 2.05) is 0 Å². The molecule has 4 aliphatic carbocycles. The Kier molecular flexibility index (Phi) is 10.0. The standard InChI is InChI=1S/C33H55N3O6/c1-18(2)29(30(40)35-26(31(41)42)17-27(34)38)36-28(39)11-6-19(3)23-9-10-24-22-8-7-20-16-21(37)12-14-32(20,4)25(22)13-15-33(23,24)5/h18-26,29,37H,6-17H2,1-5H3,(H2,34,38)(H,35,40)(H,36,39)(H,41,42)/t19-,20-,21-,22+,23-,24+,25+,26?,29+,32+,33-/m1/s1. The van der Waals surface area contributed by atoms with Gasteiger partial charge in [-0.3, -0.25) is 14.4 Å². The van der Waals surface area contributed by atoms with Gasteiger partial charge in [0.25, 0.3) is 0 Å². The number of fused-ring (bicyclic) bond motifs is 5. The third kappa shape index (κ3) is 6.51. The Labute approximate surface area is 251 Å². The summed E-state index contributed by atoms with van der Waals surface area (Å²) >= 11 is 0. The Morgan fingerprint density at radius 1 is 0.905 bits per heavy atom. The molecule has 0 bridgehead atoms. The highest BCUT2D eigenvalue weighted by Gasteiger charge is 2.60. The first-order valence-corrected chi connectivity index (χ1v) is 16.5. The van der Waals surface area contributed by atoms with Crippen molar-refractivity contribution < 1.29 is 29.4 Å². The number of rotatable bonds is 11. The molecule has 1 unspecified atom stereocenters. The molecule has 4 fully saturated rings. The van der Waals surface area contributed by atoms with Gasteiger partial charge in [0, 0.05) is 6.42 Å². The number of aliphatic carboxylic acids is 1. The first-order valence-electron chi connectivity index (χ1n) is 16.5. The van der Waals surface area contributed by atoms with Gasteiger partial charge in [-0.2, -0.15) is 0 Å². The average Bonchev–Trinajstić information content (AvgIpc) is 3.27. The van der Waals surface area contributed by atoms with Gasteiger partial charge in [-0.25, -0.2) is 4.79 Å². The van der Waals surface area contributed by atoms with Crippen molar-refractivity contribution in [2.75, 3.05) is 0 Å². The SMILES string of the molecule is CC(C)[C@H](NC(=O)CC[C@@H](C)[C@H]1CC[C@H]2[C@@H]3CC[C@@H]4C[C@H](O)CC[C@]4(C)[C@H]3CC[C@]12C)C(=O)NC(CC(N)=O)C(=O)O. The zero-order valence-corrected chi connectivity index (χ0v) is 26.4. The molecule has 3 amide bonds. The topological polar surface area (TPSA) is 159 Å². The zero-order chi connectivity index (χ0) is 31.0. The summed E-state index contributed by atoms with van der Waals surface area (Å²) in [6.07, 6.45) is 11.1. The summed E-state index contributed by atoms with van der Waals surface area (Å²) in [6, 6.07) is -2.33. The Bertz CT molecular complexity index is 1030. The summed E-state index contributed by atoms with van der Waals surface area (Å²) in [6.45, 7) is 10.9. The number of carbonyl (C=O) groups is 4. The van der Waals surface area contributed by atoms with Crippen LogP contribution in [0.25, 0.3) is 0 Å². The summed E-state index contributed by atoms with van der Waals surface area (Å²) in [4.78, 5) is 48.6. The molecule has 238 valence electrons. The van der Waals surface area contributed by atoms with Gasteiger partial charge in [0.2, 0.25) is 17.7 Å². The molecule has 4 saturated carbocycles. The minimum Gasteiger partial charge on any atom is -0.480 e. The third-order valence-corrected chi connectivity index (χ3v) is 12.5. The average molecular weight is 590 g/mol. The molecule has 0 aromatic heterocycles.